The Kier molecular flexibility index (Phi) is 6.19. The van der Waals surface area contributed by atoms with Crippen molar-refractivity contribution in [3.8, 4) is 0 Å². The number of benzene rings is 1. The summed E-state index contributed by atoms with van der Waals surface area (Å²) >= 11 is 3.21. The predicted molar refractivity (Wildman–Crippen MR) is 72.6 cm³/mol. The second-order valence-electron chi connectivity index (χ2n) is 4.39. The molecule has 1 rings (SSSR count). The van der Waals surface area contributed by atoms with Crippen molar-refractivity contribution in [2.75, 3.05) is 0 Å². The average molecular weight is 368 g/mol. The Morgan fingerprint density at radius 1 is 1.33 bits per heavy atom. The maximum atomic E-state index is 12.1. The van der Waals surface area contributed by atoms with Crippen molar-refractivity contribution in [1.82, 2.24) is 5.32 Å². The Morgan fingerprint density at radius 2 is 2.00 bits per heavy atom. The number of amides is 1. The molecule has 0 bridgehead atoms. The number of nitrogens with one attached hydrogen (secondary N) is 1. The summed E-state index contributed by atoms with van der Waals surface area (Å²) < 4.78 is 36.9. The molecule has 0 spiro atoms. The second-order valence-corrected chi connectivity index (χ2v) is 5.30. The third-order valence-corrected chi connectivity index (χ3v) is 3.09. The maximum Gasteiger partial charge on any atom is 0.389 e. The summed E-state index contributed by atoms with van der Waals surface area (Å²) in [6.07, 6.45) is -6.80. The number of hydrogen-bond acceptors (Lipinski definition) is 2. The van der Waals surface area contributed by atoms with E-state index in [-0.39, 0.29) is 0 Å². The SMILES string of the molecule is O=C(O)CC(NC(=O)CCC(F)(F)F)c1cccc(Br)c1. The van der Waals surface area contributed by atoms with Crippen LogP contribution in [0.3, 0.4) is 0 Å². The molecule has 0 aliphatic heterocycles. The molecule has 0 fully saturated rings. The molecular weight excluding hydrogens is 355 g/mol. The lowest BCUT2D eigenvalue weighted by molar-refractivity contribution is -0.145. The van der Waals surface area contributed by atoms with E-state index in [9.17, 15) is 22.8 Å². The van der Waals surface area contributed by atoms with Crippen molar-refractivity contribution < 1.29 is 27.9 Å². The third-order valence-electron chi connectivity index (χ3n) is 2.60. The quantitative estimate of drug-likeness (QED) is 0.809. The summed E-state index contributed by atoms with van der Waals surface area (Å²) in [4.78, 5) is 22.3. The number of alkyl halides is 3. The number of carbonyl (C=O) groups is 2. The van der Waals surface area contributed by atoms with Gasteiger partial charge in [0.25, 0.3) is 0 Å². The van der Waals surface area contributed by atoms with Crippen molar-refractivity contribution in [2.45, 2.75) is 31.5 Å². The number of hydrogen-bond donors (Lipinski definition) is 2. The number of rotatable bonds is 6. The van der Waals surface area contributed by atoms with Crippen molar-refractivity contribution in [2.24, 2.45) is 0 Å². The smallest absolute Gasteiger partial charge is 0.389 e. The van der Waals surface area contributed by atoms with E-state index in [1.807, 2.05) is 0 Å². The lowest BCUT2D eigenvalue weighted by Gasteiger charge is -2.18. The van der Waals surface area contributed by atoms with Crippen LogP contribution in [0.2, 0.25) is 0 Å². The fourth-order valence-corrected chi connectivity index (χ4v) is 2.09. The van der Waals surface area contributed by atoms with Gasteiger partial charge >= 0.3 is 12.1 Å². The summed E-state index contributed by atoms with van der Waals surface area (Å²) in [5.41, 5.74) is 0.507. The topological polar surface area (TPSA) is 66.4 Å². The van der Waals surface area contributed by atoms with Gasteiger partial charge in [-0.15, -0.1) is 0 Å². The predicted octanol–water partition coefficient (Wildman–Crippen LogP) is 3.42. The molecule has 116 valence electrons. The van der Waals surface area contributed by atoms with Gasteiger partial charge < -0.3 is 10.4 Å². The highest BCUT2D eigenvalue weighted by molar-refractivity contribution is 9.10. The van der Waals surface area contributed by atoms with Gasteiger partial charge in [-0.2, -0.15) is 13.2 Å². The Balaban J connectivity index is 2.75. The molecule has 0 saturated carbocycles. The van der Waals surface area contributed by atoms with Gasteiger partial charge in [0.2, 0.25) is 5.91 Å². The van der Waals surface area contributed by atoms with E-state index in [0.29, 0.717) is 10.0 Å². The molecule has 1 unspecified atom stereocenters. The third kappa shape index (κ3) is 7.12. The molecule has 0 aromatic heterocycles. The van der Waals surface area contributed by atoms with Crippen LogP contribution >= 0.6 is 15.9 Å². The van der Waals surface area contributed by atoms with E-state index in [1.165, 1.54) is 0 Å². The molecule has 1 aromatic rings. The number of aliphatic carboxylic acids is 1. The number of carbonyl (C=O) groups excluding carboxylic acids is 1. The van der Waals surface area contributed by atoms with E-state index >= 15 is 0 Å². The minimum absolute atomic E-state index is 0.409. The molecule has 1 aromatic carbocycles. The van der Waals surface area contributed by atoms with Crippen LogP contribution in [0.15, 0.2) is 28.7 Å². The zero-order chi connectivity index (χ0) is 16.0. The van der Waals surface area contributed by atoms with Crippen LogP contribution in [-0.4, -0.2) is 23.2 Å². The molecule has 2 N–H and O–H groups in total. The van der Waals surface area contributed by atoms with Crippen molar-refractivity contribution >= 4 is 27.8 Å². The van der Waals surface area contributed by atoms with E-state index in [0.717, 1.165) is 0 Å². The number of carboxylic acids is 1. The van der Waals surface area contributed by atoms with Crippen LogP contribution in [-0.2, 0) is 9.59 Å². The first-order valence-corrected chi connectivity index (χ1v) is 6.80. The Hall–Kier alpha value is -1.57. The Bertz CT molecular complexity index is 520. The summed E-state index contributed by atoms with van der Waals surface area (Å²) in [7, 11) is 0. The first-order chi connectivity index (χ1) is 9.67. The Morgan fingerprint density at radius 3 is 2.52 bits per heavy atom. The zero-order valence-electron chi connectivity index (χ0n) is 10.8. The number of halogens is 4. The molecule has 1 amide bonds. The van der Waals surface area contributed by atoms with E-state index in [1.54, 1.807) is 24.3 Å². The normalized spacial score (nSPS) is 12.8. The molecule has 8 heteroatoms. The highest BCUT2D eigenvalue weighted by Crippen LogP contribution is 2.23. The summed E-state index contributed by atoms with van der Waals surface area (Å²) in [5.74, 6) is -1.99. The monoisotopic (exact) mass is 367 g/mol. The van der Waals surface area contributed by atoms with Crippen molar-refractivity contribution in [1.29, 1.82) is 0 Å². The minimum Gasteiger partial charge on any atom is -0.481 e. The maximum absolute atomic E-state index is 12.1. The zero-order valence-corrected chi connectivity index (χ0v) is 12.4. The number of carboxylic acid groups (broad SMARTS) is 1. The fraction of sp³-hybridized carbons (Fsp3) is 0.385. The molecule has 0 heterocycles. The van der Waals surface area contributed by atoms with Gasteiger partial charge in [-0.1, -0.05) is 28.1 Å². The average Bonchev–Trinajstić information content (AvgIpc) is 2.34. The lowest BCUT2D eigenvalue weighted by Crippen LogP contribution is -2.31. The molecule has 1 atom stereocenters. The molecular formula is C13H13BrF3NO3. The van der Waals surface area contributed by atoms with Gasteiger partial charge in [0.15, 0.2) is 0 Å². The second kappa shape index (κ2) is 7.44. The molecule has 21 heavy (non-hydrogen) atoms. The summed E-state index contributed by atoms with van der Waals surface area (Å²) in [6.45, 7) is 0. The van der Waals surface area contributed by atoms with Gasteiger partial charge in [-0.3, -0.25) is 9.59 Å². The lowest BCUT2D eigenvalue weighted by atomic mass is 10.0. The molecule has 4 nitrogen and oxygen atoms in total. The molecule has 0 radical (unpaired) electrons. The van der Waals surface area contributed by atoms with E-state index in [2.05, 4.69) is 21.2 Å². The standard InChI is InChI=1S/C13H13BrF3NO3/c14-9-3-1-2-8(6-9)10(7-12(20)21)18-11(19)4-5-13(15,16)17/h1-3,6,10H,4-5,7H2,(H,18,19)(H,20,21). The van der Waals surface area contributed by atoms with E-state index < -0.39 is 43.4 Å². The van der Waals surface area contributed by atoms with Gasteiger partial charge in [0.05, 0.1) is 18.9 Å². The van der Waals surface area contributed by atoms with E-state index in [4.69, 9.17) is 5.11 Å². The fourth-order valence-electron chi connectivity index (χ4n) is 1.67. The van der Waals surface area contributed by atoms with Crippen LogP contribution < -0.4 is 5.32 Å². The van der Waals surface area contributed by atoms with Crippen LogP contribution in [0.25, 0.3) is 0 Å². The van der Waals surface area contributed by atoms with Gasteiger partial charge in [0, 0.05) is 10.9 Å². The van der Waals surface area contributed by atoms with Crippen LogP contribution in [0.1, 0.15) is 30.9 Å². The first kappa shape index (κ1) is 17.5. The molecule has 0 saturated heterocycles. The molecule has 0 aliphatic carbocycles. The van der Waals surface area contributed by atoms with Crippen molar-refractivity contribution in [3.05, 3.63) is 34.3 Å². The highest BCUT2D eigenvalue weighted by Gasteiger charge is 2.28. The largest absolute Gasteiger partial charge is 0.481 e. The Labute approximate surface area is 127 Å². The van der Waals surface area contributed by atoms with Gasteiger partial charge in [-0.25, -0.2) is 0 Å². The van der Waals surface area contributed by atoms with Crippen molar-refractivity contribution in [3.63, 3.8) is 0 Å². The van der Waals surface area contributed by atoms with Crippen LogP contribution in [0.5, 0.6) is 0 Å². The minimum atomic E-state index is -4.42. The summed E-state index contributed by atoms with van der Waals surface area (Å²) in [6, 6.07) is 5.70. The van der Waals surface area contributed by atoms with Crippen LogP contribution in [0, 0.1) is 0 Å². The van der Waals surface area contributed by atoms with Gasteiger partial charge in [0.1, 0.15) is 0 Å². The first-order valence-electron chi connectivity index (χ1n) is 6.01. The van der Waals surface area contributed by atoms with Crippen LogP contribution in [0.4, 0.5) is 13.2 Å². The summed E-state index contributed by atoms with van der Waals surface area (Å²) in [5, 5.41) is 11.2. The van der Waals surface area contributed by atoms with Gasteiger partial charge in [-0.05, 0) is 17.7 Å². The highest BCUT2D eigenvalue weighted by atomic mass is 79.9. The molecule has 0 aliphatic rings.